The average Bonchev–Trinajstić information content (AvgIpc) is 2.39. The predicted octanol–water partition coefficient (Wildman–Crippen LogP) is 2.74. The molecule has 3 heteroatoms. The highest BCUT2D eigenvalue weighted by Crippen LogP contribution is 2.15. The van der Waals surface area contributed by atoms with E-state index in [1.807, 2.05) is 30.3 Å². The van der Waals surface area contributed by atoms with E-state index < -0.39 is 5.97 Å². The van der Waals surface area contributed by atoms with E-state index >= 15 is 0 Å². The molecule has 92 valence electrons. The first-order valence-corrected chi connectivity index (χ1v) is 5.71. The molecule has 0 aliphatic heterocycles. The van der Waals surface area contributed by atoms with Crippen molar-refractivity contribution in [2.45, 2.75) is 6.42 Å². The Morgan fingerprint density at radius 2 is 1.56 bits per heavy atom. The predicted molar refractivity (Wildman–Crippen MR) is 68.8 cm³/mol. The molecule has 18 heavy (non-hydrogen) atoms. The summed E-state index contributed by atoms with van der Waals surface area (Å²) in [6, 6.07) is 17.7. The quantitative estimate of drug-likeness (QED) is 0.876. The van der Waals surface area contributed by atoms with Crippen LogP contribution in [-0.2, 0) is 11.2 Å². The standard InChI is InChI=1S/C15H14O3/c16-15(17)11-18-14-8-6-13(7-9-14)10-12-4-2-1-3-5-12/h1-9H,10-11H2,(H,16,17). The molecule has 1 N–H and O–H groups in total. The minimum Gasteiger partial charge on any atom is -0.482 e. The molecular weight excluding hydrogens is 228 g/mol. The van der Waals surface area contributed by atoms with Crippen molar-refractivity contribution < 1.29 is 14.6 Å². The van der Waals surface area contributed by atoms with Crippen molar-refractivity contribution in [3.05, 3.63) is 65.7 Å². The van der Waals surface area contributed by atoms with Crippen molar-refractivity contribution in [3.63, 3.8) is 0 Å². The Balaban J connectivity index is 1.97. The molecule has 0 radical (unpaired) electrons. The van der Waals surface area contributed by atoms with Crippen molar-refractivity contribution in [1.29, 1.82) is 0 Å². The second kappa shape index (κ2) is 5.87. The first-order chi connectivity index (χ1) is 8.74. The van der Waals surface area contributed by atoms with Gasteiger partial charge in [0.25, 0.3) is 0 Å². The maximum Gasteiger partial charge on any atom is 0.341 e. The Labute approximate surface area is 106 Å². The smallest absolute Gasteiger partial charge is 0.341 e. The van der Waals surface area contributed by atoms with Crippen LogP contribution in [0.25, 0.3) is 0 Å². The van der Waals surface area contributed by atoms with E-state index in [0.717, 1.165) is 6.42 Å². The van der Waals surface area contributed by atoms with Crippen LogP contribution in [0.15, 0.2) is 54.6 Å². The molecule has 0 heterocycles. The lowest BCUT2D eigenvalue weighted by atomic mass is 10.1. The maximum absolute atomic E-state index is 10.4. The Kier molecular flexibility index (Phi) is 3.97. The largest absolute Gasteiger partial charge is 0.482 e. The third-order valence-electron chi connectivity index (χ3n) is 2.54. The molecule has 0 amide bonds. The summed E-state index contributed by atoms with van der Waals surface area (Å²) in [5.41, 5.74) is 2.42. The first kappa shape index (κ1) is 12.2. The fraction of sp³-hybridized carbons (Fsp3) is 0.133. The molecule has 0 saturated carbocycles. The Morgan fingerprint density at radius 1 is 0.944 bits per heavy atom. The van der Waals surface area contributed by atoms with E-state index in [9.17, 15) is 4.79 Å². The lowest BCUT2D eigenvalue weighted by Crippen LogP contribution is -2.09. The third-order valence-corrected chi connectivity index (χ3v) is 2.54. The minimum absolute atomic E-state index is 0.308. The zero-order chi connectivity index (χ0) is 12.8. The molecule has 0 saturated heterocycles. The fourth-order valence-corrected chi connectivity index (χ4v) is 1.68. The summed E-state index contributed by atoms with van der Waals surface area (Å²) in [5, 5.41) is 8.50. The highest BCUT2D eigenvalue weighted by molar-refractivity contribution is 5.68. The molecule has 0 unspecified atom stereocenters. The topological polar surface area (TPSA) is 46.5 Å². The van der Waals surface area contributed by atoms with Gasteiger partial charge in [0.15, 0.2) is 6.61 Å². The minimum atomic E-state index is -0.969. The lowest BCUT2D eigenvalue weighted by Gasteiger charge is -2.05. The number of benzene rings is 2. The van der Waals surface area contributed by atoms with Gasteiger partial charge < -0.3 is 9.84 Å². The van der Waals surface area contributed by atoms with Crippen molar-refractivity contribution >= 4 is 5.97 Å². The van der Waals surface area contributed by atoms with Gasteiger partial charge in [-0.1, -0.05) is 42.5 Å². The molecule has 0 atom stereocenters. The van der Waals surface area contributed by atoms with Crippen LogP contribution in [0.5, 0.6) is 5.75 Å². The molecule has 0 aromatic heterocycles. The summed E-state index contributed by atoms with van der Waals surface area (Å²) in [7, 11) is 0. The highest BCUT2D eigenvalue weighted by Gasteiger charge is 2.00. The van der Waals surface area contributed by atoms with Crippen LogP contribution in [0, 0.1) is 0 Å². The van der Waals surface area contributed by atoms with Crippen molar-refractivity contribution in [2.24, 2.45) is 0 Å². The van der Waals surface area contributed by atoms with Crippen LogP contribution in [0.3, 0.4) is 0 Å². The van der Waals surface area contributed by atoms with Gasteiger partial charge in [0, 0.05) is 0 Å². The van der Waals surface area contributed by atoms with Crippen molar-refractivity contribution in [2.75, 3.05) is 6.61 Å². The molecule has 2 aromatic rings. The number of hydrogen-bond acceptors (Lipinski definition) is 2. The monoisotopic (exact) mass is 242 g/mol. The van der Waals surface area contributed by atoms with Crippen molar-refractivity contribution in [3.8, 4) is 5.75 Å². The van der Waals surface area contributed by atoms with Gasteiger partial charge >= 0.3 is 5.97 Å². The molecule has 0 aliphatic carbocycles. The Morgan fingerprint density at radius 3 is 2.17 bits per heavy atom. The summed E-state index contributed by atoms with van der Waals surface area (Å²) >= 11 is 0. The molecule has 0 spiro atoms. The normalized spacial score (nSPS) is 10.0. The summed E-state index contributed by atoms with van der Waals surface area (Å²) < 4.78 is 5.07. The summed E-state index contributed by atoms with van der Waals surface area (Å²) in [5.74, 6) is -0.391. The van der Waals surface area contributed by atoms with Gasteiger partial charge in [-0.2, -0.15) is 0 Å². The van der Waals surface area contributed by atoms with E-state index in [2.05, 4.69) is 12.1 Å². The number of carbonyl (C=O) groups is 1. The summed E-state index contributed by atoms with van der Waals surface area (Å²) in [4.78, 5) is 10.4. The van der Waals surface area contributed by atoms with Crippen molar-refractivity contribution in [1.82, 2.24) is 0 Å². The van der Waals surface area contributed by atoms with E-state index in [4.69, 9.17) is 9.84 Å². The van der Waals surface area contributed by atoms with Gasteiger partial charge in [0.2, 0.25) is 0 Å². The second-order valence-electron chi connectivity index (χ2n) is 3.99. The third kappa shape index (κ3) is 3.63. The Bertz CT molecular complexity index is 503. The van der Waals surface area contributed by atoms with Gasteiger partial charge in [-0.15, -0.1) is 0 Å². The molecule has 2 aromatic carbocycles. The number of ether oxygens (including phenoxy) is 1. The van der Waals surface area contributed by atoms with Crippen LogP contribution < -0.4 is 4.74 Å². The number of hydrogen-bond donors (Lipinski definition) is 1. The van der Waals surface area contributed by atoms with Gasteiger partial charge in [-0.05, 0) is 29.7 Å². The SMILES string of the molecule is O=C(O)COc1ccc(Cc2ccccc2)cc1. The van der Waals surface area contributed by atoms with E-state index in [0.29, 0.717) is 5.75 Å². The summed E-state index contributed by atoms with van der Waals surface area (Å²) in [6.45, 7) is -0.308. The molecule has 0 fully saturated rings. The van der Waals surface area contributed by atoms with Crippen LogP contribution in [-0.4, -0.2) is 17.7 Å². The maximum atomic E-state index is 10.4. The molecule has 0 bridgehead atoms. The van der Waals surface area contributed by atoms with Gasteiger partial charge in [-0.3, -0.25) is 0 Å². The lowest BCUT2D eigenvalue weighted by molar-refractivity contribution is -0.139. The molecular formula is C15H14O3. The Hall–Kier alpha value is -2.29. The number of carboxylic acid groups (broad SMARTS) is 1. The number of aliphatic carboxylic acids is 1. The molecule has 3 nitrogen and oxygen atoms in total. The van der Waals surface area contributed by atoms with E-state index in [1.165, 1.54) is 11.1 Å². The van der Waals surface area contributed by atoms with Gasteiger partial charge in [-0.25, -0.2) is 4.79 Å². The first-order valence-electron chi connectivity index (χ1n) is 5.71. The number of rotatable bonds is 5. The van der Waals surface area contributed by atoms with E-state index in [1.54, 1.807) is 12.1 Å². The zero-order valence-electron chi connectivity index (χ0n) is 9.87. The van der Waals surface area contributed by atoms with Crippen LogP contribution in [0.2, 0.25) is 0 Å². The zero-order valence-corrected chi connectivity index (χ0v) is 9.87. The van der Waals surface area contributed by atoms with Crippen LogP contribution in [0.1, 0.15) is 11.1 Å². The fourth-order valence-electron chi connectivity index (χ4n) is 1.68. The average molecular weight is 242 g/mol. The molecule has 0 aliphatic rings. The van der Waals surface area contributed by atoms with Gasteiger partial charge in [0.1, 0.15) is 5.75 Å². The number of carboxylic acids is 1. The van der Waals surface area contributed by atoms with E-state index in [-0.39, 0.29) is 6.61 Å². The molecule has 2 rings (SSSR count). The highest BCUT2D eigenvalue weighted by atomic mass is 16.5. The second-order valence-corrected chi connectivity index (χ2v) is 3.99. The van der Waals surface area contributed by atoms with Gasteiger partial charge in [0.05, 0.1) is 0 Å². The van der Waals surface area contributed by atoms with Crippen LogP contribution in [0.4, 0.5) is 0 Å². The summed E-state index contributed by atoms with van der Waals surface area (Å²) in [6.07, 6.45) is 0.861. The van der Waals surface area contributed by atoms with Crippen LogP contribution >= 0.6 is 0 Å².